The summed E-state index contributed by atoms with van der Waals surface area (Å²) in [6.07, 6.45) is -1.18. The van der Waals surface area contributed by atoms with Crippen molar-refractivity contribution in [3.8, 4) is 5.75 Å². The van der Waals surface area contributed by atoms with Crippen LogP contribution in [-0.4, -0.2) is 43.6 Å². The number of ether oxygens (including phenoxy) is 1. The Balaban J connectivity index is 2.64. The number of nitrogens with one attached hydrogen (secondary N) is 1. The number of methoxy groups -OCH3 is 1. The Morgan fingerprint density at radius 3 is 2.67 bits per heavy atom. The Morgan fingerprint density at radius 2 is 2.11 bits per heavy atom. The van der Waals surface area contributed by atoms with Gasteiger partial charge in [0.2, 0.25) is 0 Å². The van der Waals surface area contributed by atoms with Gasteiger partial charge in [0.15, 0.2) is 0 Å². The molecule has 1 unspecified atom stereocenters. The molecule has 1 aromatic rings. The first kappa shape index (κ1) is 14.7. The van der Waals surface area contributed by atoms with Gasteiger partial charge in [0.05, 0.1) is 13.2 Å². The van der Waals surface area contributed by atoms with Gasteiger partial charge >= 0.3 is 0 Å². The van der Waals surface area contributed by atoms with E-state index in [0.717, 1.165) is 11.3 Å². The minimum atomic E-state index is -4.17. The summed E-state index contributed by atoms with van der Waals surface area (Å²) < 4.78 is 34.9. The number of hydrogen-bond donors (Lipinski definition) is 3. The average molecular weight is 275 g/mol. The zero-order chi connectivity index (χ0) is 13.8. The molecule has 0 aromatic heterocycles. The van der Waals surface area contributed by atoms with Crippen molar-refractivity contribution in [3.05, 3.63) is 23.8 Å². The Bertz CT molecular complexity index is 500. The lowest BCUT2D eigenvalue weighted by Crippen LogP contribution is -2.27. The van der Waals surface area contributed by atoms with Crippen LogP contribution in [0, 0.1) is 6.92 Å². The molecule has 0 bridgehead atoms. The van der Waals surface area contributed by atoms with Gasteiger partial charge in [-0.15, -0.1) is 0 Å². The van der Waals surface area contributed by atoms with E-state index in [0.29, 0.717) is 5.75 Å². The normalized spacial score (nSPS) is 13.1. The summed E-state index contributed by atoms with van der Waals surface area (Å²) in [6, 6.07) is 5.37. The van der Waals surface area contributed by atoms with Crippen molar-refractivity contribution in [3.63, 3.8) is 0 Å². The van der Waals surface area contributed by atoms with Crippen LogP contribution in [0.1, 0.15) is 5.56 Å². The first-order chi connectivity index (χ1) is 8.33. The van der Waals surface area contributed by atoms with Crippen LogP contribution in [0.25, 0.3) is 0 Å². The first-order valence-corrected chi connectivity index (χ1v) is 6.95. The van der Waals surface area contributed by atoms with E-state index in [9.17, 15) is 13.5 Å². The molecular formula is C11H17NO5S. The first-order valence-electron chi connectivity index (χ1n) is 5.34. The predicted molar refractivity (Wildman–Crippen MR) is 68.6 cm³/mol. The fourth-order valence-electron chi connectivity index (χ4n) is 1.56. The van der Waals surface area contributed by atoms with E-state index >= 15 is 0 Å². The largest absolute Gasteiger partial charge is 0.496 e. The molecule has 0 spiro atoms. The maximum Gasteiger partial charge on any atom is 0.267 e. The Hall–Kier alpha value is -1.31. The van der Waals surface area contributed by atoms with Crippen molar-refractivity contribution in [1.82, 2.24) is 0 Å². The smallest absolute Gasteiger partial charge is 0.267 e. The summed E-state index contributed by atoms with van der Waals surface area (Å²) in [7, 11) is -2.61. The SMILES string of the molecule is COc1cccc(NCC(O)CS(=O)(=O)O)c1C. The molecule has 0 aliphatic carbocycles. The van der Waals surface area contributed by atoms with Crippen molar-refractivity contribution < 1.29 is 22.8 Å². The molecule has 3 N–H and O–H groups in total. The van der Waals surface area contributed by atoms with Crippen LogP contribution in [0.15, 0.2) is 18.2 Å². The highest BCUT2D eigenvalue weighted by atomic mass is 32.2. The number of aliphatic hydroxyl groups excluding tert-OH is 1. The van der Waals surface area contributed by atoms with Crippen LogP contribution in [0.4, 0.5) is 5.69 Å². The molecule has 0 heterocycles. The number of hydrogen-bond acceptors (Lipinski definition) is 5. The molecule has 1 atom stereocenters. The molecule has 1 rings (SSSR count). The van der Waals surface area contributed by atoms with Gasteiger partial charge in [-0.2, -0.15) is 8.42 Å². The highest BCUT2D eigenvalue weighted by molar-refractivity contribution is 7.85. The van der Waals surface area contributed by atoms with Gasteiger partial charge in [0, 0.05) is 17.8 Å². The molecule has 6 nitrogen and oxygen atoms in total. The van der Waals surface area contributed by atoms with Crippen molar-refractivity contribution in [2.75, 3.05) is 24.7 Å². The summed E-state index contributed by atoms with van der Waals surface area (Å²) >= 11 is 0. The van der Waals surface area contributed by atoms with E-state index in [1.54, 1.807) is 25.3 Å². The lowest BCUT2D eigenvalue weighted by molar-refractivity contribution is 0.208. The van der Waals surface area contributed by atoms with Gasteiger partial charge in [-0.05, 0) is 19.1 Å². The maximum absolute atomic E-state index is 10.6. The lowest BCUT2D eigenvalue weighted by atomic mass is 10.1. The quantitative estimate of drug-likeness (QED) is 0.660. The molecule has 1 aromatic carbocycles. The molecule has 0 aliphatic heterocycles. The van der Waals surface area contributed by atoms with E-state index < -0.39 is 22.0 Å². The molecule has 0 aliphatic rings. The van der Waals surface area contributed by atoms with Gasteiger partial charge in [0.1, 0.15) is 11.5 Å². The second kappa shape index (κ2) is 6.03. The molecule has 0 amide bonds. The summed E-state index contributed by atoms with van der Waals surface area (Å²) in [5.41, 5.74) is 1.60. The number of rotatable bonds is 6. The van der Waals surface area contributed by atoms with E-state index in [1.165, 1.54) is 0 Å². The minimum Gasteiger partial charge on any atom is -0.496 e. The molecule has 0 fully saturated rings. The summed E-state index contributed by atoms with van der Waals surface area (Å²) in [6.45, 7) is 1.87. The van der Waals surface area contributed by atoms with E-state index in [2.05, 4.69) is 5.32 Å². The van der Waals surface area contributed by atoms with Gasteiger partial charge < -0.3 is 15.2 Å². The molecular weight excluding hydrogens is 258 g/mol. The number of benzene rings is 1. The highest BCUT2D eigenvalue weighted by Gasteiger charge is 2.14. The molecule has 18 heavy (non-hydrogen) atoms. The van der Waals surface area contributed by atoms with Gasteiger partial charge in [0.25, 0.3) is 10.1 Å². The Kier molecular flexibility index (Phi) is 4.94. The third-order valence-electron chi connectivity index (χ3n) is 2.44. The summed E-state index contributed by atoms with van der Waals surface area (Å²) in [5, 5.41) is 12.3. The average Bonchev–Trinajstić information content (AvgIpc) is 2.25. The second-order valence-electron chi connectivity index (χ2n) is 3.92. The number of anilines is 1. The fraction of sp³-hybridized carbons (Fsp3) is 0.455. The standard InChI is InChI=1S/C11H17NO5S/c1-8-10(4-3-5-11(8)17-2)12-6-9(13)7-18(14,15)16/h3-5,9,12-13H,6-7H2,1-2H3,(H,14,15,16). The molecule has 0 saturated carbocycles. The van der Waals surface area contributed by atoms with Crippen molar-refractivity contribution in [2.24, 2.45) is 0 Å². The van der Waals surface area contributed by atoms with Crippen molar-refractivity contribution >= 4 is 15.8 Å². The zero-order valence-corrected chi connectivity index (χ0v) is 11.1. The number of aliphatic hydroxyl groups is 1. The van der Waals surface area contributed by atoms with Gasteiger partial charge in [-0.3, -0.25) is 4.55 Å². The van der Waals surface area contributed by atoms with Gasteiger partial charge in [-0.25, -0.2) is 0 Å². The summed E-state index contributed by atoms with van der Waals surface area (Å²) in [4.78, 5) is 0. The van der Waals surface area contributed by atoms with Crippen LogP contribution in [0.5, 0.6) is 5.75 Å². The van der Waals surface area contributed by atoms with Crippen molar-refractivity contribution in [2.45, 2.75) is 13.0 Å². The molecule has 0 radical (unpaired) electrons. The van der Waals surface area contributed by atoms with E-state index in [-0.39, 0.29) is 6.54 Å². The van der Waals surface area contributed by atoms with Crippen LogP contribution in [-0.2, 0) is 10.1 Å². The molecule has 0 saturated heterocycles. The maximum atomic E-state index is 10.6. The Labute approximate surface area is 106 Å². The minimum absolute atomic E-state index is 0.0216. The zero-order valence-electron chi connectivity index (χ0n) is 10.3. The highest BCUT2D eigenvalue weighted by Crippen LogP contribution is 2.24. The van der Waals surface area contributed by atoms with E-state index in [1.807, 2.05) is 6.92 Å². The molecule has 102 valence electrons. The lowest BCUT2D eigenvalue weighted by Gasteiger charge is -2.14. The summed E-state index contributed by atoms with van der Waals surface area (Å²) in [5.74, 6) is 0.00695. The van der Waals surface area contributed by atoms with Gasteiger partial charge in [-0.1, -0.05) is 6.07 Å². The third-order valence-corrected chi connectivity index (χ3v) is 3.24. The Morgan fingerprint density at radius 1 is 1.44 bits per heavy atom. The topological polar surface area (TPSA) is 95.9 Å². The third kappa shape index (κ3) is 4.52. The van der Waals surface area contributed by atoms with Crippen LogP contribution < -0.4 is 10.1 Å². The van der Waals surface area contributed by atoms with Crippen LogP contribution in [0.3, 0.4) is 0 Å². The molecule has 7 heteroatoms. The van der Waals surface area contributed by atoms with Crippen molar-refractivity contribution in [1.29, 1.82) is 0 Å². The van der Waals surface area contributed by atoms with Crippen LogP contribution in [0.2, 0.25) is 0 Å². The van der Waals surface area contributed by atoms with Crippen LogP contribution >= 0.6 is 0 Å². The predicted octanol–water partition coefficient (Wildman–Crippen LogP) is 0.664. The fourth-order valence-corrected chi connectivity index (χ4v) is 2.16. The van der Waals surface area contributed by atoms with E-state index in [4.69, 9.17) is 9.29 Å². The second-order valence-corrected chi connectivity index (χ2v) is 5.41. The monoisotopic (exact) mass is 275 g/mol.